The van der Waals surface area contributed by atoms with Crippen LogP contribution >= 0.6 is 11.6 Å². The lowest BCUT2D eigenvalue weighted by molar-refractivity contribution is -0.132. The Morgan fingerprint density at radius 3 is 2.63 bits per heavy atom. The lowest BCUT2D eigenvalue weighted by atomic mass is 9.96. The normalized spacial score (nSPS) is 25.6. The molecular weight excluding hydrogens is 368 g/mol. The molecule has 0 saturated carbocycles. The van der Waals surface area contributed by atoms with Crippen LogP contribution in [0.2, 0.25) is 5.02 Å². The number of carbonyl (C=O) groups is 2. The Bertz CT molecular complexity index is 721. The third kappa shape index (κ3) is 4.36. The number of aliphatic hydroxyl groups excluding tert-OH is 1. The van der Waals surface area contributed by atoms with E-state index in [9.17, 15) is 14.7 Å². The molecule has 2 heterocycles. The molecule has 2 aliphatic rings. The molecule has 0 spiro atoms. The molecule has 1 aromatic rings. The summed E-state index contributed by atoms with van der Waals surface area (Å²) in [6, 6.07) is 6.08. The second kappa shape index (κ2) is 8.04. The van der Waals surface area contributed by atoms with Gasteiger partial charge in [0.2, 0.25) is 11.8 Å². The van der Waals surface area contributed by atoms with Gasteiger partial charge in [-0.05, 0) is 43.5 Å². The van der Waals surface area contributed by atoms with E-state index in [-0.39, 0.29) is 18.2 Å². The number of aliphatic hydroxyl groups is 1. The molecule has 7 nitrogen and oxygen atoms in total. The van der Waals surface area contributed by atoms with E-state index in [2.05, 4.69) is 28.5 Å². The molecule has 27 heavy (non-hydrogen) atoms. The maximum absolute atomic E-state index is 12.5. The molecule has 0 radical (unpaired) electrons. The second-order valence-corrected chi connectivity index (χ2v) is 7.76. The summed E-state index contributed by atoms with van der Waals surface area (Å²) >= 11 is 6.20. The summed E-state index contributed by atoms with van der Waals surface area (Å²) in [5.41, 5.74) is 1.36. The molecule has 2 amide bonds. The average molecular weight is 395 g/mol. The molecule has 0 bridgehead atoms. The van der Waals surface area contributed by atoms with Gasteiger partial charge in [0.1, 0.15) is 0 Å². The molecule has 3 rings (SSSR count). The first kappa shape index (κ1) is 19.9. The summed E-state index contributed by atoms with van der Waals surface area (Å²) < 4.78 is 0. The maximum Gasteiger partial charge on any atom is 0.243 e. The number of anilines is 1. The van der Waals surface area contributed by atoms with Crippen LogP contribution in [0.5, 0.6) is 0 Å². The van der Waals surface area contributed by atoms with Crippen LogP contribution in [0.3, 0.4) is 0 Å². The van der Waals surface area contributed by atoms with Crippen molar-refractivity contribution in [2.75, 3.05) is 31.1 Å². The predicted octanol–water partition coefficient (Wildman–Crippen LogP) is 1.09. The van der Waals surface area contributed by atoms with Gasteiger partial charge < -0.3 is 20.2 Å². The summed E-state index contributed by atoms with van der Waals surface area (Å²) in [6.07, 6.45) is 0.463. The molecular formula is C19H27ClN4O3. The molecule has 2 atom stereocenters. The molecule has 0 aromatic heterocycles. The first-order valence-corrected chi connectivity index (χ1v) is 9.78. The molecule has 0 aliphatic carbocycles. The van der Waals surface area contributed by atoms with Gasteiger partial charge in [-0.3, -0.25) is 14.9 Å². The first-order valence-electron chi connectivity index (χ1n) is 9.40. The zero-order valence-corrected chi connectivity index (χ0v) is 16.6. The van der Waals surface area contributed by atoms with E-state index in [1.54, 1.807) is 6.92 Å². The minimum absolute atomic E-state index is 0.0391. The van der Waals surface area contributed by atoms with E-state index in [4.69, 9.17) is 11.6 Å². The number of aryl methyl sites for hydroxylation is 1. The number of nitrogens with one attached hydrogen (secondary N) is 2. The third-order valence-corrected chi connectivity index (χ3v) is 5.84. The molecule has 1 unspecified atom stereocenters. The van der Waals surface area contributed by atoms with E-state index in [0.29, 0.717) is 19.5 Å². The number of benzene rings is 1. The fourth-order valence-corrected chi connectivity index (χ4v) is 3.88. The number of carbonyl (C=O) groups excluding carboxylic acids is 2. The zero-order chi connectivity index (χ0) is 19.6. The van der Waals surface area contributed by atoms with Crippen LogP contribution < -0.4 is 15.5 Å². The maximum atomic E-state index is 12.5. The highest BCUT2D eigenvalue weighted by Crippen LogP contribution is 2.25. The monoisotopic (exact) mass is 394 g/mol. The largest absolute Gasteiger partial charge is 0.368 e. The Labute approximate surface area is 164 Å². The topological polar surface area (TPSA) is 84.9 Å². The van der Waals surface area contributed by atoms with E-state index >= 15 is 0 Å². The van der Waals surface area contributed by atoms with Gasteiger partial charge in [0.15, 0.2) is 6.35 Å². The van der Waals surface area contributed by atoms with Crippen LogP contribution in [0.25, 0.3) is 0 Å². The number of hydrogen-bond acceptors (Lipinski definition) is 5. The summed E-state index contributed by atoms with van der Waals surface area (Å²) in [4.78, 5) is 28.6. The SMILES string of the molecule is CCc1cc(N2CCN(C(=O)CC[C@@]3(C)NC(O)NC3=O)CC2)ccc1Cl. The minimum atomic E-state index is -1.05. The smallest absolute Gasteiger partial charge is 0.243 e. The second-order valence-electron chi connectivity index (χ2n) is 7.35. The van der Waals surface area contributed by atoms with Crippen molar-refractivity contribution in [1.82, 2.24) is 15.5 Å². The molecule has 3 N–H and O–H groups in total. The van der Waals surface area contributed by atoms with Gasteiger partial charge in [-0.25, -0.2) is 0 Å². The Morgan fingerprint density at radius 2 is 2.04 bits per heavy atom. The number of amides is 2. The van der Waals surface area contributed by atoms with Crippen LogP contribution in [0.1, 0.15) is 32.3 Å². The lowest BCUT2D eigenvalue weighted by Crippen LogP contribution is -2.50. The van der Waals surface area contributed by atoms with E-state index in [0.717, 1.165) is 35.8 Å². The standard InChI is InChI=1S/C19H27ClN4O3/c1-3-13-12-14(4-5-15(13)20)23-8-10-24(11-9-23)16(25)6-7-19(2)17(26)21-18(27)22-19/h4-5,12,18,22,27H,3,6-11H2,1-2H3,(H,21,26)/t18?,19-/m1/s1. The summed E-state index contributed by atoms with van der Waals surface area (Å²) in [6.45, 7) is 6.64. The molecule has 8 heteroatoms. The predicted molar refractivity (Wildman–Crippen MR) is 105 cm³/mol. The minimum Gasteiger partial charge on any atom is -0.368 e. The molecule has 2 saturated heterocycles. The highest BCUT2D eigenvalue weighted by Gasteiger charge is 2.41. The van der Waals surface area contributed by atoms with Crippen molar-refractivity contribution in [2.24, 2.45) is 0 Å². The number of halogens is 1. The highest BCUT2D eigenvalue weighted by atomic mass is 35.5. The van der Waals surface area contributed by atoms with Gasteiger partial charge in [-0.1, -0.05) is 18.5 Å². The quantitative estimate of drug-likeness (QED) is 0.696. The zero-order valence-electron chi connectivity index (χ0n) is 15.8. The van der Waals surface area contributed by atoms with Crippen molar-refractivity contribution in [3.8, 4) is 0 Å². The van der Waals surface area contributed by atoms with Gasteiger partial charge in [0.25, 0.3) is 0 Å². The van der Waals surface area contributed by atoms with Gasteiger partial charge >= 0.3 is 0 Å². The summed E-state index contributed by atoms with van der Waals surface area (Å²) in [5.74, 6) is -0.237. The number of rotatable bonds is 5. The number of piperazine rings is 1. The molecule has 2 aliphatic heterocycles. The fraction of sp³-hybridized carbons (Fsp3) is 0.579. The van der Waals surface area contributed by atoms with Crippen LogP contribution in [0, 0.1) is 0 Å². The molecule has 148 valence electrons. The Hall–Kier alpha value is -1.83. The summed E-state index contributed by atoms with van der Waals surface area (Å²) in [5, 5.41) is 15.5. The van der Waals surface area contributed by atoms with Crippen molar-refractivity contribution >= 4 is 29.1 Å². The fourth-order valence-electron chi connectivity index (χ4n) is 3.63. The van der Waals surface area contributed by atoms with E-state index in [1.807, 2.05) is 17.0 Å². The van der Waals surface area contributed by atoms with Crippen molar-refractivity contribution in [3.63, 3.8) is 0 Å². The van der Waals surface area contributed by atoms with Crippen molar-refractivity contribution < 1.29 is 14.7 Å². The molecule has 1 aromatic carbocycles. The Morgan fingerprint density at radius 1 is 1.33 bits per heavy atom. The van der Waals surface area contributed by atoms with Crippen LogP contribution in [-0.2, 0) is 16.0 Å². The van der Waals surface area contributed by atoms with E-state index < -0.39 is 11.9 Å². The third-order valence-electron chi connectivity index (χ3n) is 5.47. The van der Waals surface area contributed by atoms with Crippen molar-refractivity contribution in [3.05, 3.63) is 28.8 Å². The van der Waals surface area contributed by atoms with Gasteiger partial charge in [-0.2, -0.15) is 0 Å². The van der Waals surface area contributed by atoms with Crippen molar-refractivity contribution in [2.45, 2.75) is 45.0 Å². The summed E-state index contributed by atoms with van der Waals surface area (Å²) in [7, 11) is 0. The van der Waals surface area contributed by atoms with Gasteiger partial charge in [-0.15, -0.1) is 0 Å². The van der Waals surface area contributed by atoms with Crippen molar-refractivity contribution in [1.29, 1.82) is 0 Å². The van der Waals surface area contributed by atoms with Crippen LogP contribution in [-0.4, -0.2) is 59.9 Å². The Balaban J connectivity index is 1.51. The Kier molecular flexibility index (Phi) is 5.93. The molecule has 2 fully saturated rings. The van der Waals surface area contributed by atoms with Crippen LogP contribution in [0.4, 0.5) is 5.69 Å². The van der Waals surface area contributed by atoms with Gasteiger partial charge in [0, 0.05) is 43.3 Å². The average Bonchev–Trinajstić information content (AvgIpc) is 2.92. The van der Waals surface area contributed by atoms with Gasteiger partial charge in [0.05, 0.1) is 5.54 Å². The van der Waals surface area contributed by atoms with Crippen LogP contribution in [0.15, 0.2) is 18.2 Å². The number of nitrogens with zero attached hydrogens (tertiary/aromatic N) is 2. The lowest BCUT2D eigenvalue weighted by Gasteiger charge is -2.36. The number of hydrogen-bond donors (Lipinski definition) is 3. The highest BCUT2D eigenvalue weighted by molar-refractivity contribution is 6.31. The van der Waals surface area contributed by atoms with E-state index in [1.165, 1.54) is 0 Å². The first-order chi connectivity index (χ1) is 12.8.